The van der Waals surface area contributed by atoms with Crippen LogP contribution in [0.25, 0.3) is 0 Å². The second-order valence-electron chi connectivity index (χ2n) is 11.8. The number of carbonyl (C=O) groups is 1. The van der Waals surface area contributed by atoms with Crippen molar-refractivity contribution in [3.63, 3.8) is 0 Å². The van der Waals surface area contributed by atoms with Gasteiger partial charge in [-0.25, -0.2) is 0 Å². The van der Waals surface area contributed by atoms with Gasteiger partial charge in [0, 0.05) is 13.0 Å². The first-order valence-corrected chi connectivity index (χ1v) is 11.6. The third-order valence-corrected chi connectivity index (χ3v) is 10.0. The van der Waals surface area contributed by atoms with Crippen LogP contribution in [0.15, 0.2) is 11.6 Å². The van der Waals surface area contributed by atoms with E-state index in [0.717, 1.165) is 19.3 Å². The van der Waals surface area contributed by atoms with Gasteiger partial charge in [0.2, 0.25) is 0 Å². The van der Waals surface area contributed by atoms with E-state index < -0.39 is 5.97 Å². The number of hydrogen-bond acceptors (Lipinski definition) is 2. The Morgan fingerprint density at radius 3 is 2.46 bits per heavy atom. The van der Waals surface area contributed by atoms with Crippen LogP contribution in [-0.4, -0.2) is 22.8 Å². The SMILES string of the molecule is CC(C)(CO)[C@H]1CC[C@H]2C3=CCC4C[C@@H](CC(=O)O)CC[C@]4(C)[C@H]3CC[C@]12C. The number of aliphatic hydroxyl groups is 1. The van der Waals surface area contributed by atoms with Crippen molar-refractivity contribution in [3.8, 4) is 0 Å². The Kier molecular flexibility index (Phi) is 5.01. The summed E-state index contributed by atoms with van der Waals surface area (Å²) in [5.41, 5.74) is 2.45. The van der Waals surface area contributed by atoms with Crippen molar-refractivity contribution in [1.29, 1.82) is 0 Å². The monoisotopic (exact) mass is 388 g/mol. The largest absolute Gasteiger partial charge is 0.481 e. The second kappa shape index (κ2) is 6.86. The van der Waals surface area contributed by atoms with E-state index in [1.165, 1.54) is 32.1 Å². The molecular weight excluding hydrogens is 348 g/mol. The summed E-state index contributed by atoms with van der Waals surface area (Å²) in [7, 11) is 0. The Bertz CT molecular complexity index is 665. The Labute approximate surface area is 171 Å². The third kappa shape index (κ3) is 2.99. The first kappa shape index (κ1) is 20.4. The molecule has 7 atom stereocenters. The van der Waals surface area contributed by atoms with Gasteiger partial charge in [-0.1, -0.05) is 39.3 Å². The van der Waals surface area contributed by atoms with Gasteiger partial charge in [-0.2, -0.15) is 0 Å². The Balaban J connectivity index is 1.58. The van der Waals surface area contributed by atoms with Gasteiger partial charge >= 0.3 is 5.97 Å². The van der Waals surface area contributed by atoms with Crippen molar-refractivity contribution in [2.45, 2.75) is 85.5 Å². The highest BCUT2D eigenvalue weighted by atomic mass is 16.4. The molecule has 4 aliphatic carbocycles. The highest BCUT2D eigenvalue weighted by Crippen LogP contribution is 2.68. The van der Waals surface area contributed by atoms with Gasteiger partial charge in [0.1, 0.15) is 0 Å². The van der Waals surface area contributed by atoms with E-state index >= 15 is 0 Å². The number of aliphatic hydroxyl groups excluding tert-OH is 1. The van der Waals surface area contributed by atoms with Crippen LogP contribution >= 0.6 is 0 Å². The maximum absolute atomic E-state index is 11.2. The molecule has 0 aromatic rings. The molecule has 0 bridgehead atoms. The zero-order valence-electron chi connectivity index (χ0n) is 18.3. The van der Waals surface area contributed by atoms with Crippen LogP contribution in [0.4, 0.5) is 0 Å². The van der Waals surface area contributed by atoms with E-state index in [4.69, 9.17) is 0 Å². The normalized spacial score (nSPS) is 45.6. The van der Waals surface area contributed by atoms with Crippen LogP contribution in [0.2, 0.25) is 0 Å². The van der Waals surface area contributed by atoms with Gasteiger partial charge in [-0.05, 0) is 97.2 Å². The van der Waals surface area contributed by atoms with Gasteiger partial charge in [0.25, 0.3) is 0 Å². The number of rotatable bonds is 4. The number of carboxylic acid groups (broad SMARTS) is 1. The Morgan fingerprint density at radius 2 is 1.79 bits per heavy atom. The minimum atomic E-state index is -0.627. The van der Waals surface area contributed by atoms with Crippen molar-refractivity contribution in [3.05, 3.63) is 11.6 Å². The van der Waals surface area contributed by atoms with Crippen LogP contribution < -0.4 is 0 Å². The summed E-state index contributed by atoms with van der Waals surface area (Å²) in [6.45, 7) is 9.84. The topological polar surface area (TPSA) is 57.5 Å². The summed E-state index contributed by atoms with van der Waals surface area (Å²) < 4.78 is 0. The molecule has 4 rings (SSSR count). The average Bonchev–Trinajstić information content (AvgIpc) is 2.99. The van der Waals surface area contributed by atoms with E-state index in [9.17, 15) is 15.0 Å². The lowest BCUT2D eigenvalue weighted by Gasteiger charge is -2.58. The van der Waals surface area contributed by atoms with E-state index in [2.05, 4.69) is 33.8 Å². The minimum Gasteiger partial charge on any atom is -0.481 e. The fourth-order valence-corrected chi connectivity index (χ4v) is 8.43. The van der Waals surface area contributed by atoms with Gasteiger partial charge in [0.05, 0.1) is 0 Å². The third-order valence-electron chi connectivity index (χ3n) is 10.0. The number of allylic oxidation sites excluding steroid dienone is 2. The molecule has 158 valence electrons. The summed E-state index contributed by atoms with van der Waals surface area (Å²) >= 11 is 0. The quantitative estimate of drug-likeness (QED) is 0.610. The first-order valence-electron chi connectivity index (χ1n) is 11.6. The zero-order chi connectivity index (χ0) is 20.3. The molecule has 3 fully saturated rings. The zero-order valence-corrected chi connectivity index (χ0v) is 18.3. The van der Waals surface area contributed by atoms with E-state index in [-0.39, 0.29) is 12.0 Å². The van der Waals surface area contributed by atoms with Crippen molar-refractivity contribution < 1.29 is 15.0 Å². The molecule has 0 saturated heterocycles. The fraction of sp³-hybridized carbons (Fsp3) is 0.880. The molecule has 0 heterocycles. The van der Waals surface area contributed by atoms with Crippen molar-refractivity contribution in [2.24, 2.45) is 45.8 Å². The molecule has 1 unspecified atom stereocenters. The summed E-state index contributed by atoms with van der Waals surface area (Å²) in [6, 6.07) is 0. The minimum absolute atomic E-state index is 0.00684. The molecule has 2 N–H and O–H groups in total. The van der Waals surface area contributed by atoms with Crippen LogP contribution in [0.3, 0.4) is 0 Å². The number of fused-ring (bicyclic) bond motifs is 5. The summed E-state index contributed by atoms with van der Waals surface area (Å²) in [6.07, 6.45) is 12.6. The maximum atomic E-state index is 11.2. The van der Waals surface area contributed by atoms with E-state index in [0.29, 0.717) is 46.8 Å². The van der Waals surface area contributed by atoms with Crippen LogP contribution in [0.5, 0.6) is 0 Å². The second-order valence-corrected chi connectivity index (χ2v) is 11.8. The molecule has 0 aliphatic heterocycles. The van der Waals surface area contributed by atoms with Crippen molar-refractivity contribution in [2.75, 3.05) is 6.61 Å². The predicted octanol–water partition coefficient (Wildman–Crippen LogP) is 5.67. The van der Waals surface area contributed by atoms with Gasteiger partial charge < -0.3 is 10.2 Å². The molecule has 3 heteroatoms. The highest BCUT2D eigenvalue weighted by Gasteiger charge is 2.59. The summed E-state index contributed by atoms with van der Waals surface area (Å²) in [4.78, 5) is 11.2. The molecule has 4 aliphatic rings. The number of aliphatic carboxylic acids is 1. The predicted molar refractivity (Wildman–Crippen MR) is 112 cm³/mol. The van der Waals surface area contributed by atoms with Crippen molar-refractivity contribution in [1.82, 2.24) is 0 Å². The summed E-state index contributed by atoms with van der Waals surface area (Å²) in [5.74, 6) is 2.41. The molecular formula is C25H40O3. The van der Waals surface area contributed by atoms with E-state index in [1.807, 2.05) is 0 Å². The fourth-order valence-electron chi connectivity index (χ4n) is 8.43. The van der Waals surface area contributed by atoms with Gasteiger partial charge in [0.15, 0.2) is 0 Å². The Morgan fingerprint density at radius 1 is 1.11 bits per heavy atom. The van der Waals surface area contributed by atoms with Crippen LogP contribution in [0, 0.1) is 45.8 Å². The molecule has 0 spiro atoms. The number of carboxylic acids is 1. The van der Waals surface area contributed by atoms with Crippen LogP contribution in [0.1, 0.15) is 85.5 Å². The Hall–Kier alpha value is -0.830. The highest BCUT2D eigenvalue weighted by molar-refractivity contribution is 5.67. The molecule has 3 saturated carbocycles. The van der Waals surface area contributed by atoms with Gasteiger partial charge in [-0.3, -0.25) is 4.79 Å². The molecule has 0 aromatic carbocycles. The standard InChI is InChI=1S/C25H40O3/c1-23(2,15-26)21-8-7-19-18-6-5-17-13-16(14-22(27)28)9-11-24(17,3)20(18)10-12-25(19,21)4/h6,16-17,19-21,26H,5,7-15H2,1-4H3,(H,27,28)/t16-,17?,19-,20-,21+,24-,25-/m0/s1. The smallest absolute Gasteiger partial charge is 0.303 e. The first-order chi connectivity index (χ1) is 13.1. The average molecular weight is 389 g/mol. The molecule has 0 aromatic heterocycles. The molecule has 28 heavy (non-hydrogen) atoms. The molecule has 3 nitrogen and oxygen atoms in total. The maximum Gasteiger partial charge on any atom is 0.303 e. The lowest BCUT2D eigenvalue weighted by atomic mass is 9.46. The summed E-state index contributed by atoms with van der Waals surface area (Å²) in [5, 5.41) is 19.2. The number of hydrogen-bond donors (Lipinski definition) is 2. The van der Waals surface area contributed by atoms with Crippen molar-refractivity contribution >= 4 is 5.97 Å². The van der Waals surface area contributed by atoms with Crippen LogP contribution in [-0.2, 0) is 4.79 Å². The lowest BCUT2D eigenvalue weighted by Crippen LogP contribution is -2.50. The molecule has 0 amide bonds. The van der Waals surface area contributed by atoms with E-state index in [1.54, 1.807) is 5.57 Å². The van der Waals surface area contributed by atoms with Gasteiger partial charge in [-0.15, -0.1) is 0 Å². The molecule has 0 radical (unpaired) electrons. The lowest BCUT2D eigenvalue weighted by molar-refractivity contribution is -0.139.